The van der Waals surface area contributed by atoms with E-state index < -0.39 is 6.43 Å². The molecule has 0 aliphatic carbocycles. The molecule has 0 amide bonds. The number of anilines is 1. The zero-order valence-corrected chi connectivity index (χ0v) is 8.31. The van der Waals surface area contributed by atoms with Gasteiger partial charge in [0, 0.05) is 5.56 Å². The molecule has 1 heterocycles. The largest absolute Gasteiger partial charge is 0.480 e. The van der Waals surface area contributed by atoms with Crippen molar-refractivity contribution in [3.8, 4) is 5.88 Å². The number of methoxy groups -OCH3 is 1. The molecule has 1 rings (SSSR count). The molecule has 0 atom stereocenters. The number of hydrogen-bond donors (Lipinski definition) is 1. The van der Waals surface area contributed by atoms with Gasteiger partial charge in [-0.25, -0.2) is 8.78 Å². The van der Waals surface area contributed by atoms with Crippen molar-refractivity contribution in [2.75, 3.05) is 12.8 Å². The van der Waals surface area contributed by atoms with Crippen molar-refractivity contribution in [2.45, 2.75) is 6.43 Å². The molecule has 0 saturated heterocycles. The third-order valence-electron chi connectivity index (χ3n) is 1.40. The molecule has 13 heavy (non-hydrogen) atoms. The first-order chi connectivity index (χ1) is 6.06. The number of halogens is 3. The van der Waals surface area contributed by atoms with Gasteiger partial charge in [0.05, 0.1) is 11.6 Å². The third kappa shape index (κ3) is 2.06. The number of rotatable bonds is 2. The van der Waals surface area contributed by atoms with Crippen LogP contribution in [0.1, 0.15) is 12.0 Å². The maximum Gasteiger partial charge on any atom is 0.265 e. The molecule has 0 spiro atoms. The maximum atomic E-state index is 12.4. The molecule has 0 aliphatic rings. The van der Waals surface area contributed by atoms with Crippen LogP contribution >= 0.6 is 15.9 Å². The van der Waals surface area contributed by atoms with Crippen LogP contribution in [0, 0.1) is 0 Å². The van der Waals surface area contributed by atoms with Gasteiger partial charge in [-0.2, -0.15) is 4.98 Å². The number of aromatic nitrogens is 1. The SMILES string of the molecule is COc1nc(N)cc(C(F)F)c1Br. The predicted molar refractivity (Wildman–Crippen MR) is 47.9 cm³/mol. The second kappa shape index (κ2) is 3.87. The smallest absolute Gasteiger partial charge is 0.265 e. The highest BCUT2D eigenvalue weighted by atomic mass is 79.9. The Balaban J connectivity index is 3.27. The van der Waals surface area contributed by atoms with Crippen molar-refractivity contribution < 1.29 is 13.5 Å². The van der Waals surface area contributed by atoms with Gasteiger partial charge in [0.1, 0.15) is 5.82 Å². The molecule has 0 saturated carbocycles. The van der Waals surface area contributed by atoms with Crippen molar-refractivity contribution in [1.82, 2.24) is 4.98 Å². The predicted octanol–water partition coefficient (Wildman–Crippen LogP) is 2.37. The van der Waals surface area contributed by atoms with Gasteiger partial charge in [-0.15, -0.1) is 0 Å². The Labute approximate surface area is 82.0 Å². The minimum absolute atomic E-state index is 0.00958. The molecule has 1 aromatic rings. The van der Waals surface area contributed by atoms with E-state index >= 15 is 0 Å². The summed E-state index contributed by atoms with van der Waals surface area (Å²) in [6, 6.07) is 1.11. The normalized spacial score (nSPS) is 10.5. The summed E-state index contributed by atoms with van der Waals surface area (Å²) in [5, 5.41) is 0. The van der Waals surface area contributed by atoms with Gasteiger partial charge in [0.25, 0.3) is 6.43 Å². The fourth-order valence-electron chi connectivity index (χ4n) is 0.839. The number of alkyl halides is 2. The molecular formula is C7H7BrF2N2O. The van der Waals surface area contributed by atoms with Gasteiger partial charge < -0.3 is 10.5 Å². The first kappa shape index (κ1) is 10.2. The van der Waals surface area contributed by atoms with Gasteiger partial charge in [0.2, 0.25) is 5.88 Å². The van der Waals surface area contributed by atoms with Crippen molar-refractivity contribution in [2.24, 2.45) is 0 Å². The van der Waals surface area contributed by atoms with Crippen molar-refractivity contribution >= 4 is 21.7 Å². The lowest BCUT2D eigenvalue weighted by atomic mass is 10.2. The Kier molecular flexibility index (Phi) is 3.02. The van der Waals surface area contributed by atoms with E-state index in [1.807, 2.05) is 0 Å². The Morgan fingerprint density at radius 3 is 2.69 bits per heavy atom. The Morgan fingerprint density at radius 2 is 2.23 bits per heavy atom. The monoisotopic (exact) mass is 252 g/mol. The molecule has 0 bridgehead atoms. The Hall–Kier alpha value is -0.910. The van der Waals surface area contributed by atoms with Gasteiger partial charge >= 0.3 is 0 Å². The summed E-state index contributed by atoms with van der Waals surface area (Å²) in [6.07, 6.45) is -2.60. The van der Waals surface area contributed by atoms with Crippen molar-refractivity contribution in [3.05, 3.63) is 16.1 Å². The van der Waals surface area contributed by atoms with E-state index in [2.05, 4.69) is 20.9 Å². The van der Waals surface area contributed by atoms with Crippen LogP contribution in [0.15, 0.2) is 10.5 Å². The quantitative estimate of drug-likeness (QED) is 0.880. The summed E-state index contributed by atoms with van der Waals surface area (Å²) >= 11 is 2.95. The average Bonchev–Trinajstić information content (AvgIpc) is 2.08. The van der Waals surface area contributed by atoms with Crippen LogP contribution in [-0.4, -0.2) is 12.1 Å². The number of nitrogens with two attached hydrogens (primary N) is 1. The van der Waals surface area contributed by atoms with Crippen LogP contribution in [0.4, 0.5) is 14.6 Å². The van der Waals surface area contributed by atoms with Crippen LogP contribution < -0.4 is 10.5 Å². The minimum Gasteiger partial charge on any atom is -0.480 e. The van der Waals surface area contributed by atoms with Gasteiger partial charge in [0.15, 0.2) is 0 Å². The van der Waals surface area contributed by atoms with Crippen molar-refractivity contribution in [1.29, 1.82) is 0 Å². The highest BCUT2D eigenvalue weighted by Gasteiger charge is 2.17. The van der Waals surface area contributed by atoms with Crippen molar-refractivity contribution in [3.63, 3.8) is 0 Å². The lowest BCUT2D eigenvalue weighted by molar-refractivity contribution is 0.150. The summed E-state index contributed by atoms with van der Waals surface area (Å²) in [5.41, 5.74) is 5.08. The highest BCUT2D eigenvalue weighted by Crippen LogP contribution is 2.34. The second-order valence-electron chi connectivity index (χ2n) is 2.26. The average molecular weight is 253 g/mol. The lowest BCUT2D eigenvalue weighted by Crippen LogP contribution is -1.99. The fraction of sp³-hybridized carbons (Fsp3) is 0.286. The summed E-state index contributed by atoms with van der Waals surface area (Å²) in [7, 11) is 1.34. The van der Waals surface area contributed by atoms with Gasteiger partial charge in [-0.1, -0.05) is 0 Å². The second-order valence-corrected chi connectivity index (χ2v) is 3.05. The number of ether oxygens (including phenoxy) is 1. The van der Waals surface area contributed by atoms with Crippen LogP contribution in [0.25, 0.3) is 0 Å². The number of hydrogen-bond acceptors (Lipinski definition) is 3. The molecule has 72 valence electrons. The first-order valence-corrected chi connectivity index (χ1v) is 4.13. The van der Waals surface area contributed by atoms with E-state index in [0.717, 1.165) is 6.07 Å². The highest BCUT2D eigenvalue weighted by molar-refractivity contribution is 9.10. The van der Waals surface area contributed by atoms with Gasteiger partial charge in [-0.05, 0) is 22.0 Å². The fourth-order valence-corrected chi connectivity index (χ4v) is 1.38. The molecule has 2 N–H and O–H groups in total. The minimum atomic E-state index is -2.60. The van der Waals surface area contributed by atoms with E-state index in [1.54, 1.807) is 0 Å². The molecule has 1 aromatic heterocycles. The van der Waals surface area contributed by atoms with E-state index in [0.29, 0.717) is 0 Å². The molecule has 0 radical (unpaired) electrons. The summed E-state index contributed by atoms with van der Waals surface area (Å²) in [5.74, 6) is 0.0747. The third-order valence-corrected chi connectivity index (χ3v) is 2.20. The molecule has 3 nitrogen and oxygen atoms in total. The van der Waals surface area contributed by atoms with E-state index in [9.17, 15) is 8.78 Å². The summed E-state index contributed by atoms with van der Waals surface area (Å²) in [4.78, 5) is 3.71. The molecule has 0 unspecified atom stereocenters. The van der Waals surface area contributed by atoms with E-state index in [4.69, 9.17) is 10.5 Å². The van der Waals surface area contributed by atoms with Gasteiger partial charge in [-0.3, -0.25) is 0 Å². The van der Waals surface area contributed by atoms with Crippen LogP contribution in [0.3, 0.4) is 0 Å². The van der Waals surface area contributed by atoms with Crippen LogP contribution in [0.5, 0.6) is 5.88 Å². The molecule has 0 fully saturated rings. The number of nitrogens with zero attached hydrogens (tertiary/aromatic N) is 1. The summed E-state index contributed by atoms with van der Waals surface area (Å²) < 4.78 is 29.6. The first-order valence-electron chi connectivity index (χ1n) is 3.34. The lowest BCUT2D eigenvalue weighted by Gasteiger charge is -2.08. The van der Waals surface area contributed by atoms with E-state index in [1.165, 1.54) is 7.11 Å². The topological polar surface area (TPSA) is 48.1 Å². The van der Waals surface area contributed by atoms with Crippen LogP contribution in [-0.2, 0) is 0 Å². The molecular weight excluding hydrogens is 246 g/mol. The maximum absolute atomic E-state index is 12.4. The van der Waals surface area contributed by atoms with Crippen LogP contribution in [0.2, 0.25) is 0 Å². The summed E-state index contributed by atoms with van der Waals surface area (Å²) in [6.45, 7) is 0. The molecule has 0 aliphatic heterocycles. The molecule has 0 aromatic carbocycles. The van der Waals surface area contributed by atoms with E-state index in [-0.39, 0.29) is 21.7 Å². The Bertz CT molecular complexity index is 320. The Morgan fingerprint density at radius 1 is 1.62 bits per heavy atom. The number of pyridine rings is 1. The zero-order chi connectivity index (χ0) is 10.0. The zero-order valence-electron chi connectivity index (χ0n) is 6.72. The standard InChI is InChI=1S/C7H7BrF2N2O/c1-13-7-5(8)3(6(9)10)2-4(11)12-7/h2,6H,1H3,(H2,11,12). The number of nitrogen functional groups attached to an aromatic ring is 1. The molecule has 6 heteroatoms.